The van der Waals surface area contributed by atoms with Crippen LogP contribution in [0.4, 0.5) is 0 Å². The topological polar surface area (TPSA) is 96.8 Å². The van der Waals surface area contributed by atoms with Gasteiger partial charge in [-0.05, 0) is 48.2 Å². The molecule has 2 aromatic heterocycles. The lowest BCUT2D eigenvalue weighted by atomic mass is 9.94. The predicted molar refractivity (Wildman–Crippen MR) is 114 cm³/mol. The largest absolute Gasteiger partial charge is 0.389 e. The minimum Gasteiger partial charge on any atom is -0.389 e. The Labute approximate surface area is 182 Å². The van der Waals surface area contributed by atoms with Gasteiger partial charge in [-0.25, -0.2) is 0 Å². The molecule has 2 N–H and O–H groups in total. The van der Waals surface area contributed by atoms with E-state index in [1.807, 2.05) is 24.3 Å². The van der Waals surface area contributed by atoms with Crippen molar-refractivity contribution >= 4 is 5.91 Å². The summed E-state index contributed by atoms with van der Waals surface area (Å²) in [6.45, 7) is 2.45. The Hall–Kier alpha value is -2.39. The van der Waals surface area contributed by atoms with Gasteiger partial charge < -0.3 is 19.9 Å². The average Bonchev–Trinajstić information content (AvgIpc) is 2.78. The number of rotatable bonds is 6. The SMILES string of the molecule is O=C(C[C@@H]1CC[C@@H]2[C@H](COC[C@H](O)CN2Cc2ccncc2)O1)NCc1ccncc1. The number of ether oxygens (including phenoxy) is 2. The summed E-state index contributed by atoms with van der Waals surface area (Å²) in [5, 5.41) is 13.3. The average molecular weight is 427 g/mol. The van der Waals surface area contributed by atoms with Gasteiger partial charge in [0.05, 0.1) is 37.9 Å². The zero-order valence-corrected chi connectivity index (χ0v) is 17.6. The van der Waals surface area contributed by atoms with E-state index in [1.165, 1.54) is 0 Å². The third-order valence-corrected chi connectivity index (χ3v) is 5.87. The normalized spacial score (nSPS) is 27.0. The van der Waals surface area contributed by atoms with Crippen molar-refractivity contribution in [3.05, 3.63) is 60.2 Å². The van der Waals surface area contributed by atoms with Crippen molar-refractivity contribution in [1.82, 2.24) is 20.2 Å². The summed E-state index contributed by atoms with van der Waals surface area (Å²) < 4.78 is 12.0. The van der Waals surface area contributed by atoms with E-state index in [4.69, 9.17) is 9.47 Å². The Kier molecular flexibility index (Phi) is 7.58. The third kappa shape index (κ3) is 6.30. The molecule has 2 aliphatic rings. The van der Waals surface area contributed by atoms with Gasteiger partial charge in [-0.2, -0.15) is 0 Å². The van der Waals surface area contributed by atoms with Crippen molar-refractivity contribution in [1.29, 1.82) is 0 Å². The van der Waals surface area contributed by atoms with Gasteiger partial charge in [0, 0.05) is 50.5 Å². The number of carbonyl (C=O) groups is 1. The van der Waals surface area contributed by atoms with Crippen molar-refractivity contribution in [2.45, 2.75) is 56.7 Å². The molecule has 0 spiro atoms. The fourth-order valence-corrected chi connectivity index (χ4v) is 4.33. The molecule has 0 unspecified atom stereocenters. The molecule has 8 nitrogen and oxygen atoms in total. The first kappa shape index (κ1) is 21.8. The van der Waals surface area contributed by atoms with Crippen molar-refractivity contribution in [2.75, 3.05) is 19.8 Å². The Balaban J connectivity index is 1.34. The number of aliphatic hydroxyl groups excluding tert-OH is 1. The maximum absolute atomic E-state index is 12.4. The monoisotopic (exact) mass is 426 g/mol. The Bertz CT molecular complexity index is 823. The van der Waals surface area contributed by atoms with Crippen LogP contribution in [0.1, 0.15) is 30.4 Å². The molecule has 2 fully saturated rings. The quantitative estimate of drug-likeness (QED) is 0.719. The first-order chi connectivity index (χ1) is 15.2. The van der Waals surface area contributed by atoms with E-state index in [2.05, 4.69) is 20.2 Å². The number of hydrogen-bond acceptors (Lipinski definition) is 7. The van der Waals surface area contributed by atoms with E-state index in [0.717, 1.165) is 30.5 Å². The van der Waals surface area contributed by atoms with Crippen LogP contribution < -0.4 is 5.32 Å². The van der Waals surface area contributed by atoms with Gasteiger partial charge in [0.2, 0.25) is 5.91 Å². The number of aliphatic hydroxyl groups is 1. The fourth-order valence-electron chi connectivity index (χ4n) is 4.33. The lowest BCUT2D eigenvalue weighted by molar-refractivity contribution is -0.158. The summed E-state index contributed by atoms with van der Waals surface area (Å²) in [6, 6.07) is 7.91. The smallest absolute Gasteiger partial charge is 0.222 e. The van der Waals surface area contributed by atoms with Crippen LogP contribution in [0.25, 0.3) is 0 Å². The van der Waals surface area contributed by atoms with Crippen molar-refractivity contribution in [2.24, 2.45) is 0 Å². The second-order valence-electron chi connectivity index (χ2n) is 8.25. The van der Waals surface area contributed by atoms with Crippen LogP contribution in [-0.2, 0) is 27.4 Å². The molecule has 2 saturated heterocycles. The summed E-state index contributed by atoms with van der Waals surface area (Å²) in [5.74, 6) is -0.0175. The molecule has 0 radical (unpaired) electrons. The Morgan fingerprint density at radius 1 is 1.06 bits per heavy atom. The molecule has 166 valence electrons. The highest BCUT2D eigenvalue weighted by molar-refractivity contribution is 5.76. The zero-order chi connectivity index (χ0) is 21.5. The molecule has 1 amide bonds. The van der Waals surface area contributed by atoms with Gasteiger partial charge in [0.25, 0.3) is 0 Å². The molecule has 8 heteroatoms. The molecule has 2 aliphatic heterocycles. The molecular weight excluding hydrogens is 396 g/mol. The summed E-state index contributed by atoms with van der Waals surface area (Å²) in [7, 11) is 0. The number of aromatic nitrogens is 2. The number of fused-ring (bicyclic) bond motifs is 1. The molecule has 0 saturated carbocycles. The molecule has 4 heterocycles. The number of β-amino-alcohol motifs (C(OH)–C–C–N with tert-alkyl or cyclic N) is 1. The Morgan fingerprint density at radius 2 is 1.77 bits per heavy atom. The van der Waals surface area contributed by atoms with E-state index < -0.39 is 6.10 Å². The van der Waals surface area contributed by atoms with Crippen LogP contribution in [0.15, 0.2) is 49.1 Å². The number of carbonyl (C=O) groups excluding carboxylic acids is 1. The molecule has 0 bridgehead atoms. The summed E-state index contributed by atoms with van der Waals surface area (Å²) in [5.41, 5.74) is 2.17. The molecule has 0 aromatic carbocycles. The molecular formula is C23H30N4O4. The molecule has 4 atom stereocenters. The molecule has 2 aromatic rings. The fraction of sp³-hybridized carbons (Fsp3) is 0.522. The van der Waals surface area contributed by atoms with Gasteiger partial charge >= 0.3 is 0 Å². The second kappa shape index (κ2) is 10.8. The molecule has 0 aliphatic carbocycles. The second-order valence-corrected chi connectivity index (χ2v) is 8.25. The highest BCUT2D eigenvalue weighted by Gasteiger charge is 2.38. The number of nitrogens with zero attached hydrogens (tertiary/aromatic N) is 3. The summed E-state index contributed by atoms with van der Waals surface area (Å²) >= 11 is 0. The molecule has 31 heavy (non-hydrogen) atoms. The first-order valence-corrected chi connectivity index (χ1v) is 10.9. The van der Waals surface area contributed by atoms with Gasteiger partial charge in [0.1, 0.15) is 0 Å². The maximum atomic E-state index is 12.4. The minimum atomic E-state index is -0.528. The standard InChI is InChI=1S/C23H30N4O4/c28-19-14-27(13-18-5-9-25-10-6-18)21-2-1-20(31-22(21)16-30-15-19)11-23(29)26-12-17-3-7-24-8-4-17/h3-10,19-22,28H,1-2,11-16H2,(H,26,29)/t19-,20+,21-,22+/m1/s1. The van der Waals surface area contributed by atoms with Gasteiger partial charge in [0.15, 0.2) is 0 Å². The van der Waals surface area contributed by atoms with E-state index >= 15 is 0 Å². The summed E-state index contributed by atoms with van der Waals surface area (Å²) in [4.78, 5) is 22.8. The van der Waals surface area contributed by atoms with E-state index in [9.17, 15) is 9.90 Å². The lowest BCUT2D eigenvalue weighted by Gasteiger charge is -2.44. The van der Waals surface area contributed by atoms with E-state index in [0.29, 0.717) is 26.1 Å². The number of hydrogen-bond donors (Lipinski definition) is 2. The first-order valence-electron chi connectivity index (χ1n) is 10.9. The van der Waals surface area contributed by atoms with E-state index in [1.54, 1.807) is 24.8 Å². The molecule has 4 rings (SSSR count). The highest BCUT2D eigenvalue weighted by Crippen LogP contribution is 2.28. The third-order valence-electron chi connectivity index (χ3n) is 5.87. The van der Waals surface area contributed by atoms with Gasteiger partial charge in [-0.1, -0.05) is 0 Å². The summed E-state index contributed by atoms with van der Waals surface area (Å²) in [6.07, 6.45) is 8.25. The minimum absolute atomic E-state index is 0.0175. The predicted octanol–water partition coefficient (Wildman–Crippen LogP) is 1.29. The van der Waals surface area contributed by atoms with Crippen LogP contribution >= 0.6 is 0 Å². The van der Waals surface area contributed by atoms with Gasteiger partial charge in [-0.15, -0.1) is 0 Å². The number of pyridine rings is 2. The van der Waals surface area contributed by atoms with Crippen molar-refractivity contribution < 1.29 is 19.4 Å². The number of nitrogens with one attached hydrogen (secondary N) is 1. The lowest BCUT2D eigenvalue weighted by Crippen LogP contribution is -2.55. The van der Waals surface area contributed by atoms with Gasteiger partial charge in [-0.3, -0.25) is 19.7 Å². The van der Waals surface area contributed by atoms with Crippen molar-refractivity contribution in [3.8, 4) is 0 Å². The van der Waals surface area contributed by atoms with Crippen LogP contribution in [0.2, 0.25) is 0 Å². The maximum Gasteiger partial charge on any atom is 0.222 e. The van der Waals surface area contributed by atoms with E-state index in [-0.39, 0.29) is 30.8 Å². The van der Waals surface area contributed by atoms with Crippen LogP contribution in [0.3, 0.4) is 0 Å². The van der Waals surface area contributed by atoms with Crippen LogP contribution in [0.5, 0.6) is 0 Å². The van der Waals surface area contributed by atoms with Crippen LogP contribution in [0, 0.1) is 0 Å². The number of amides is 1. The van der Waals surface area contributed by atoms with Crippen molar-refractivity contribution in [3.63, 3.8) is 0 Å². The zero-order valence-electron chi connectivity index (χ0n) is 17.6. The highest BCUT2D eigenvalue weighted by atomic mass is 16.5. The Morgan fingerprint density at radius 3 is 2.52 bits per heavy atom. The van der Waals surface area contributed by atoms with Crippen LogP contribution in [-0.4, -0.2) is 70.0 Å².